The molecule has 0 aromatic carbocycles. The number of pyridine rings is 1. The molecule has 0 amide bonds. The second-order valence-electron chi connectivity index (χ2n) is 10.4. The summed E-state index contributed by atoms with van der Waals surface area (Å²) in [5.74, 6) is 2.61. The molecule has 13 heteroatoms. The van der Waals surface area contributed by atoms with Gasteiger partial charge in [0.25, 0.3) is 5.56 Å². The molecule has 3 unspecified atom stereocenters. The number of piperidine rings is 1. The van der Waals surface area contributed by atoms with Gasteiger partial charge in [-0.2, -0.15) is 0 Å². The fourth-order valence-corrected chi connectivity index (χ4v) is 5.27. The molecule has 6 rings (SSSR count). The van der Waals surface area contributed by atoms with Crippen LogP contribution in [-0.2, 0) is 18.4 Å². The van der Waals surface area contributed by atoms with E-state index >= 15 is 0 Å². The van der Waals surface area contributed by atoms with Crippen molar-refractivity contribution in [2.75, 3.05) is 23.3 Å². The summed E-state index contributed by atoms with van der Waals surface area (Å²) >= 11 is 0. The SMILES string of the molecule is CC(=O)Cn1c(=O)c2c(ncn2[C@@H](C)C(O)Nc2cncc(-c3ccc(N4CC5CC5C4)nc3)n2)n(C)c1=O. The summed E-state index contributed by atoms with van der Waals surface area (Å²) in [7, 11) is 1.48. The number of carbonyl (C=O) groups is 1. The summed E-state index contributed by atoms with van der Waals surface area (Å²) in [6.45, 7) is 4.79. The Morgan fingerprint density at radius 2 is 1.92 bits per heavy atom. The number of nitrogens with one attached hydrogen (secondary N) is 1. The first-order valence-electron chi connectivity index (χ1n) is 12.8. The van der Waals surface area contributed by atoms with Crippen molar-refractivity contribution in [2.45, 2.75) is 39.1 Å². The molecule has 0 spiro atoms. The third-order valence-corrected chi connectivity index (χ3v) is 7.61. The summed E-state index contributed by atoms with van der Waals surface area (Å²) in [5, 5.41) is 13.9. The molecule has 0 radical (unpaired) electrons. The summed E-state index contributed by atoms with van der Waals surface area (Å²) in [6.07, 6.45) is 6.44. The minimum atomic E-state index is -1.19. The van der Waals surface area contributed by atoms with Gasteiger partial charge in [-0.3, -0.25) is 23.7 Å². The van der Waals surface area contributed by atoms with Crippen LogP contribution >= 0.6 is 0 Å². The van der Waals surface area contributed by atoms with E-state index in [1.54, 1.807) is 19.3 Å². The number of aliphatic hydroxyl groups is 1. The van der Waals surface area contributed by atoms with Crippen molar-refractivity contribution in [2.24, 2.45) is 18.9 Å². The van der Waals surface area contributed by atoms with Gasteiger partial charge in [0.05, 0.1) is 37.0 Å². The number of imidazole rings is 1. The van der Waals surface area contributed by atoms with Crippen LogP contribution in [0.3, 0.4) is 0 Å². The van der Waals surface area contributed by atoms with Gasteiger partial charge < -0.3 is 19.9 Å². The number of aliphatic hydroxyl groups excluding tert-OH is 1. The number of anilines is 2. The third-order valence-electron chi connectivity index (χ3n) is 7.61. The Hall–Kier alpha value is -4.39. The van der Waals surface area contributed by atoms with Crippen LogP contribution < -0.4 is 21.5 Å². The lowest BCUT2D eigenvalue weighted by molar-refractivity contribution is -0.117. The van der Waals surface area contributed by atoms with Crippen LogP contribution in [0.15, 0.2) is 46.6 Å². The fourth-order valence-electron chi connectivity index (χ4n) is 5.27. The highest BCUT2D eigenvalue weighted by atomic mass is 16.3. The molecule has 13 nitrogen and oxygen atoms in total. The lowest BCUT2D eigenvalue weighted by atomic mass is 10.2. The number of rotatable bonds is 8. The molecule has 0 bridgehead atoms. The molecule has 4 aromatic heterocycles. The molecule has 1 saturated carbocycles. The second kappa shape index (κ2) is 9.42. The molecule has 4 aromatic rings. The quantitative estimate of drug-likeness (QED) is 0.312. The van der Waals surface area contributed by atoms with Crippen LogP contribution in [0, 0.1) is 11.8 Å². The van der Waals surface area contributed by atoms with E-state index in [2.05, 4.69) is 30.2 Å². The number of nitrogens with zero attached hydrogens (tertiary/aromatic N) is 8. The minimum Gasteiger partial charge on any atom is -0.372 e. The first kappa shape index (κ1) is 24.9. The number of Topliss-reactive ketones (excluding diaryl/α,β-unsaturated/α-hetero) is 1. The van der Waals surface area contributed by atoms with Crippen molar-refractivity contribution in [3.63, 3.8) is 0 Å². The average molecular weight is 532 g/mol. The van der Waals surface area contributed by atoms with E-state index < -0.39 is 23.5 Å². The summed E-state index contributed by atoms with van der Waals surface area (Å²) in [5.41, 5.74) is 0.378. The normalized spacial score (nSPS) is 19.6. The van der Waals surface area contributed by atoms with Gasteiger partial charge in [0, 0.05) is 31.9 Å². The first-order valence-corrected chi connectivity index (χ1v) is 12.8. The maximum atomic E-state index is 13.1. The van der Waals surface area contributed by atoms with E-state index in [1.165, 1.54) is 42.1 Å². The number of hydrogen-bond acceptors (Lipinski definition) is 10. The van der Waals surface area contributed by atoms with Gasteiger partial charge in [0.15, 0.2) is 11.2 Å². The van der Waals surface area contributed by atoms with Gasteiger partial charge in [0.2, 0.25) is 0 Å². The molecular weight excluding hydrogens is 502 g/mol. The molecule has 202 valence electrons. The third kappa shape index (κ3) is 4.48. The number of fused-ring (bicyclic) bond motifs is 2. The molecular formula is C26H29N9O4. The zero-order valence-corrected chi connectivity index (χ0v) is 21.9. The van der Waals surface area contributed by atoms with Crippen molar-refractivity contribution >= 4 is 28.6 Å². The molecule has 5 heterocycles. The number of carbonyl (C=O) groups excluding carboxylic acids is 1. The Morgan fingerprint density at radius 1 is 1.15 bits per heavy atom. The van der Waals surface area contributed by atoms with Crippen LogP contribution in [0.2, 0.25) is 0 Å². The summed E-state index contributed by atoms with van der Waals surface area (Å²) < 4.78 is 3.56. The highest BCUT2D eigenvalue weighted by molar-refractivity contribution is 5.76. The van der Waals surface area contributed by atoms with E-state index in [0.29, 0.717) is 11.5 Å². The van der Waals surface area contributed by atoms with Crippen molar-refractivity contribution < 1.29 is 9.90 Å². The average Bonchev–Trinajstić information content (AvgIpc) is 3.31. The Kier molecular flexibility index (Phi) is 6.02. The predicted molar refractivity (Wildman–Crippen MR) is 143 cm³/mol. The number of aryl methyl sites for hydroxylation is 1. The Labute approximate surface area is 222 Å². The Morgan fingerprint density at radius 3 is 2.62 bits per heavy atom. The van der Waals surface area contributed by atoms with E-state index in [4.69, 9.17) is 0 Å². The van der Waals surface area contributed by atoms with Crippen LogP contribution in [0.4, 0.5) is 11.6 Å². The van der Waals surface area contributed by atoms with Crippen LogP contribution in [0.25, 0.3) is 22.4 Å². The molecule has 2 fully saturated rings. The molecule has 1 saturated heterocycles. The maximum Gasteiger partial charge on any atom is 0.332 e. The lowest BCUT2D eigenvalue weighted by Gasteiger charge is -2.22. The van der Waals surface area contributed by atoms with Crippen molar-refractivity contribution in [3.8, 4) is 11.3 Å². The summed E-state index contributed by atoms with van der Waals surface area (Å²) in [6, 6.07) is 3.27. The largest absolute Gasteiger partial charge is 0.372 e. The van der Waals surface area contributed by atoms with Gasteiger partial charge in [-0.05, 0) is 44.2 Å². The van der Waals surface area contributed by atoms with Gasteiger partial charge in [0.1, 0.15) is 23.6 Å². The zero-order chi connectivity index (χ0) is 27.4. The van der Waals surface area contributed by atoms with Crippen LogP contribution in [-0.4, -0.2) is 63.8 Å². The molecule has 39 heavy (non-hydrogen) atoms. The number of ketones is 1. The highest BCUT2D eigenvalue weighted by Crippen LogP contribution is 2.45. The lowest BCUT2D eigenvalue weighted by Crippen LogP contribution is -2.41. The molecule has 4 atom stereocenters. The van der Waals surface area contributed by atoms with Crippen molar-refractivity contribution in [1.29, 1.82) is 0 Å². The topological polar surface area (TPSA) is 153 Å². The molecule has 1 aliphatic heterocycles. The van der Waals surface area contributed by atoms with E-state index in [1.807, 2.05) is 12.1 Å². The molecule has 2 N–H and O–H groups in total. The summed E-state index contributed by atoms with van der Waals surface area (Å²) in [4.78, 5) is 57.4. The molecule has 2 aliphatic rings. The van der Waals surface area contributed by atoms with E-state index in [0.717, 1.165) is 40.9 Å². The van der Waals surface area contributed by atoms with Crippen LogP contribution in [0.1, 0.15) is 26.3 Å². The second-order valence-corrected chi connectivity index (χ2v) is 10.4. The number of aromatic nitrogens is 7. The fraction of sp³-hybridized carbons (Fsp3) is 0.423. The maximum absolute atomic E-state index is 13.1. The zero-order valence-electron chi connectivity index (χ0n) is 21.9. The van der Waals surface area contributed by atoms with Gasteiger partial charge in [-0.15, -0.1) is 0 Å². The van der Waals surface area contributed by atoms with Gasteiger partial charge in [-0.1, -0.05) is 0 Å². The highest BCUT2D eigenvalue weighted by Gasteiger charge is 2.45. The predicted octanol–water partition coefficient (Wildman–Crippen LogP) is 0.785. The number of hydrogen-bond donors (Lipinski definition) is 2. The minimum absolute atomic E-state index is 0.105. The van der Waals surface area contributed by atoms with E-state index in [9.17, 15) is 19.5 Å². The Bertz CT molecular complexity index is 1680. The smallest absolute Gasteiger partial charge is 0.332 e. The van der Waals surface area contributed by atoms with Gasteiger partial charge in [-0.25, -0.2) is 19.7 Å². The monoisotopic (exact) mass is 531 g/mol. The van der Waals surface area contributed by atoms with Crippen molar-refractivity contribution in [1.82, 2.24) is 33.6 Å². The van der Waals surface area contributed by atoms with E-state index in [-0.39, 0.29) is 23.5 Å². The van der Waals surface area contributed by atoms with Crippen molar-refractivity contribution in [3.05, 3.63) is 57.9 Å². The van der Waals surface area contributed by atoms with Crippen LogP contribution in [0.5, 0.6) is 0 Å². The first-order chi connectivity index (χ1) is 18.7. The molecule has 1 aliphatic carbocycles. The van der Waals surface area contributed by atoms with Gasteiger partial charge >= 0.3 is 5.69 Å². The Balaban J connectivity index is 1.22. The standard InChI is InChI=1S/C26H29N9O4/c1-14(36)10-34-25(38)22-23(32(3)26(34)39)29-13-35(22)15(2)24(37)31-20-9-27-8-19(30-20)16-4-5-21(28-7-16)33-11-17-6-18(17)12-33/h4-5,7-9,13,15,17-18,24,37H,6,10-12H2,1-3H3,(H,30,31)/t15-,17?,18?,24?/m0/s1.